The predicted molar refractivity (Wildman–Crippen MR) is 86.6 cm³/mol. The summed E-state index contributed by atoms with van der Waals surface area (Å²) >= 11 is 0. The van der Waals surface area contributed by atoms with Crippen molar-refractivity contribution in [3.05, 3.63) is 65.7 Å². The first kappa shape index (κ1) is 19.0. The molecule has 0 fully saturated rings. The van der Waals surface area contributed by atoms with E-state index in [-0.39, 0.29) is 24.3 Å². The molecule has 0 aliphatic rings. The van der Waals surface area contributed by atoms with Crippen LogP contribution in [-0.4, -0.2) is 33.8 Å². The van der Waals surface area contributed by atoms with Crippen molar-refractivity contribution in [3.63, 3.8) is 0 Å². The van der Waals surface area contributed by atoms with Crippen molar-refractivity contribution in [2.24, 2.45) is 0 Å². The van der Waals surface area contributed by atoms with Gasteiger partial charge in [-0.3, -0.25) is 0 Å². The fourth-order valence-corrected chi connectivity index (χ4v) is 1.97. The summed E-state index contributed by atoms with van der Waals surface area (Å²) in [5.74, 6) is -1.06. The number of carboxylic acids is 1. The van der Waals surface area contributed by atoms with E-state index >= 15 is 0 Å². The van der Waals surface area contributed by atoms with Gasteiger partial charge in [0.25, 0.3) is 0 Å². The first-order valence-electron chi connectivity index (χ1n) is 7.02. The Morgan fingerprint density at radius 2 is 1.62 bits per heavy atom. The number of hydrogen-bond donors (Lipinski definition) is 3. The van der Waals surface area contributed by atoms with Crippen LogP contribution >= 0.6 is 0 Å². The molecule has 0 unspecified atom stereocenters. The first-order valence-corrected chi connectivity index (χ1v) is 7.02. The number of aromatic hydroxyl groups is 1. The van der Waals surface area contributed by atoms with Crippen molar-refractivity contribution in [3.8, 4) is 5.75 Å². The van der Waals surface area contributed by atoms with Crippen LogP contribution in [0.25, 0.3) is 0 Å². The zero-order valence-electron chi connectivity index (χ0n) is 12.8. The molecule has 7 heteroatoms. The van der Waals surface area contributed by atoms with Gasteiger partial charge in [-0.15, -0.1) is 0 Å². The number of carbonyl (C=O) groups is 2. The van der Waals surface area contributed by atoms with E-state index < -0.39 is 18.1 Å². The van der Waals surface area contributed by atoms with Crippen LogP contribution in [0.1, 0.15) is 11.1 Å². The third-order valence-electron chi connectivity index (χ3n) is 3.18. The van der Waals surface area contributed by atoms with Crippen LogP contribution in [0.5, 0.6) is 5.75 Å². The van der Waals surface area contributed by atoms with Gasteiger partial charge in [-0.25, -0.2) is 9.59 Å². The molecule has 0 aliphatic heterocycles. The van der Waals surface area contributed by atoms with E-state index in [9.17, 15) is 19.8 Å². The number of ether oxygens (including phenoxy) is 1. The number of aliphatic carboxylic acids is 1. The number of amides is 1. The second kappa shape index (κ2) is 9.16. The van der Waals surface area contributed by atoms with E-state index in [1.165, 1.54) is 12.1 Å². The Labute approximate surface area is 138 Å². The van der Waals surface area contributed by atoms with Gasteiger partial charge in [-0.1, -0.05) is 42.5 Å². The molecule has 0 bridgehead atoms. The van der Waals surface area contributed by atoms with Crippen LogP contribution in [0.2, 0.25) is 0 Å². The molecule has 0 radical (unpaired) electrons. The summed E-state index contributed by atoms with van der Waals surface area (Å²) in [5, 5.41) is 20.7. The van der Waals surface area contributed by atoms with E-state index in [1.807, 2.05) is 18.2 Å². The molecule has 0 aliphatic carbocycles. The van der Waals surface area contributed by atoms with Crippen molar-refractivity contribution in [2.45, 2.75) is 19.1 Å². The van der Waals surface area contributed by atoms with Gasteiger partial charge in [-0.2, -0.15) is 0 Å². The minimum absolute atomic E-state index is 0. The van der Waals surface area contributed by atoms with Gasteiger partial charge in [0.15, 0.2) is 0 Å². The lowest BCUT2D eigenvalue weighted by molar-refractivity contribution is -0.139. The highest BCUT2D eigenvalue weighted by atomic mass is 16.5. The number of alkyl carbamates (subject to hydrolysis) is 1. The third kappa shape index (κ3) is 5.98. The van der Waals surface area contributed by atoms with Crippen LogP contribution in [-0.2, 0) is 22.6 Å². The van der Waals surface area contributed by atoms with Crippen LogP contribution < -0.4 is 5.32 Å². The molecule has 1 atom stereocenters. The van der Waals surface area contributed by atoms with Crippen LogP contribution in [0.4, 0.5) is 4.79 Å². The van der Waals surface area contributed by atoms with Gasteiger partial charge in [-0.05, 0) is 23.3 Å². The highest BCUT2D eigenvalue weighted by Gasteiger charge is 2.21. The van der Waals surface area contributed by atoms with E-state index in [2.05, 4.69) is 5.32 Å². The number of carboxylic acid groups (broad SMARTS) is 1. The van der Waals surface area contributed by atoms with Gasteiger partial charge in [0.2, 0.25) is 0 Å². The number of rotatable bonds is 6. The number of carbonyl (C=O) groups excluding carboxylic acids is 1. The van der Waals surface area contributed by atoms with Crippen LogP contribution in [0.3, 0.4) is 0 Å². The highest BCUT2D eigenvalue weighted by Crippen LogP contribution is 2.11. The summed E-state index contributed by atoms with van der Waals surface area (Å²) in [4.78, 5) is 23.0. The number of hydrogen-bond acceptors (Lipinski definition) is 4. The van der Waals surface area contributed by atoms with Crippen molar-refractivity contribution in [1.29, 1.82) is 0 Å². The van der Waals surface area contributed by atoms with Crippen LogP contribution in [0.15, 0.2) is 54.6 Å². The topological polar surface area (TPSA) is 127 Å². The molecule has 0 saturated heterocycles. The van der Waals surface area contributed by atoms with Gasteiger partial charge in [0, 0.05) is 6.42 Å². The molecular formula is C17H19NO6. The summed E-state index contributed by atoms with van der Waals surface area (Å²) in [6, 6.07) is 14.1. The standard InChI is InChI=1S/C17H17NO5.H2O/c19-14-8-6-12(7-9-14)10-15(16(20)21)18-17(22)23-11-13-4-2-1-3-5-13;/h1-9,15,19H,10-11H2,(H,18,22)(H,20,21);1H2/t15-;/m0./s1. The number of phenolic OH excluding ortho intramolecular Hbond substituents is 1. The van der Waals surface area contributed by atoms with Crippen molar-refractivity contribution < 1.29 is 30.0 Å². The summed E-state index contributed by atoms with van der Waals surface area (Å²) in [5.41, 5.74) is 1.49. The Morgan fingerprint density at radius 3 is 2.21 bits per heavy atom. The summed E-state index contributed by atoms with van der Waals surface area (Å²) in [6.45, 7) is 0.0677. The molecule has 1 amide bonds. The molecule has 0 spiro atoms. The quantitative estimate of drug-likeness (QED) is 0.738. The number of benzene rings is 2. The zero-order valence-corrected chi connectivity index (χ0v) is 12.8. The Morgan fingerprint density at radius 1 is 1.00 bits per heavy atom. The van der Waals surface area contributed by atoms with Crippen molar-refractivity contribution >= 4 is 12.1 Å². The Balaban J connectivity index is 0.00000288. The third-order valence-corrected chi connectivity index (χ3v) is 3.18. The minimum Gasteiger partial charge on any atom is -0.508 e. The second-order valence-electron chi connectivity index (χ2n) is 4.97. The summed E-state index contributed by atoms with van der Waals surface area (Å²) in [7, 11) is 0. The van der Waals surface area contributed by atoms with E-state index in [0.29, 0.717) is 5.56 Å². The zero-order chi connectivity index (χ0) is 16.7. The minimum atomic E-state index is -1.16. The molecule has 2 aromatic carbocycles. The van der Waals surface area contributed by atoms with E-state index in [4.69, 9.17) is 4.74 Å². The van der Waals surface area contributed by atoms with E-state index in [0.717, 1.165) is 5.56 Å². The number of nitrogens with one attached hydrogen (secondary N) is 1. The fourth-order valence-electron chi connectivity index (χ4n) is 1.97. The molecule has 0 heterocycles. The molecule has 7 nitrogen and oxygen atoms in total. The van der Waals surface area contributed by atoms with Gasteiger partial charge < -0.3 is 25.7 Å². The average Bonchev–Trinajstić information content (AvgIpc) is 2.55. The van der Waals surface area contributed by atoms with Gasteiger partial charge in [0.05, 0.1) is 0 Å². The fraction of sp³-hybridized carbons (Fsp3) is 0.176. The van der Waals surface area contributed by atoms with Crippen LogP contribution in [0, 0.1) is 0 Å². The van der Waals surface area contributed by atoms with Crippen molar-refractivity contribution in [1.82, 2.24) is 5.32 Å². The highest BCUT2D eigenvalue weighted by molar-refractivity contribution is 5.80. The molecule has 2 rings (SSSR count). The average molecular weight is 333 g/mol. The molecule has 5 N–H and O–H groups in total. The largest absolute Gasteiger partial charge is 0.508 e. The summed E-state index contributed by atoms with van der Waals surface area (Å²) < 4.78 is 5.01. The molecule has 0 aromatic heterocycles. The maximum atomic E-state index is 11.7. The van der Waals surface area contributed by atoms with Crippen molar-refractivity contribution in [2.75, 3.05) is 0 Å². The normalized spacial score (nSPS) is 11.0. The maximum Gasteiger partial charge on any atom is 0.408 e. The second-order valence-corrected chi connectivity index (χ2v) is 4.97. The lowest BCUT2D eigenvalue weighted by Crippen LogP contribution is -2.42. The predicted octanol–water partition coefficient (Wildman–Crippen LogP) is 1.49. The monoisotopic (exact) mass is 333 g/mol. The molecular weight excluding hydrogens is 314 g/mol. The SMILES string of the molecule is O.O=C(N[C@@H](Cc1ccc(O)cc1)C(=O)O)OCc1ccccc1. The maximum absolute atomic E-state index is 11.7. The lowest BCUT2D eigenvalue weighted by Gasteiger charge is -2.14. The lowest BCUT2D eigenvalue weighted by atomic mass is 10.1. The molecule has 0 saturated carbocycles. The van der Waals surface area contributed by atoms with Gasteiger partial charge in [0.1, 0.15) is 18.4 Å². The van der Waals surface area contributed by atoms with Gasteiger partial charge >= 0.3 is 12.1 Å². The Kier molecular flexibility index (Phi) is 7.25. The number of phenols is 1. The van der Waals surface area contributed by atoms with E-state index in [1.54, 1.807) is 24.3 Å². The Hall–Kier alpha value is -3.06. The first-order chi connectivity index (χ1) is 11.0. The smallest absolute Gasteiger partial charge is 0.408 e. The Bertz CT molecular complexity index is 657. The molecule has 24 heavy (non-hydrogen) atoms. The molecule has 2 aromatic rings. The molecule has 128 valence electrons. The summed E-state index contributed by atoms with van der Waals surface area (Å²) in [6.07, 6.45) is -0.698.